The molecular weight excluding hydrogens is 478 g/mol. The van der Waals surface area contributed by atoms with E-state index in [0.717, 1.165) is 16.7 Å². The first kappa shape index (κ1) is 23.8. The summed E-state index contributed by atoms with van der Waals surface area (Å²) in [5.41, 5.74) is 5.40. The molecule has 0 spiro atoms. The van der Waals surface area contributed by atoms with Crippen LogP contribution in [0.25, 0.3) is 0 Å². The van der Waals surface area contributed by atoms with Crippen LogP contribution >= 0.6 is 11.6 Å². The first-order chi connectivity index (χ1) is 17.5. The largest absolute Gasteiger partial charge is 0.333 e. The van der Waals surface area contributed by atoms with E-state index in [0.29, 0.717) is 18.1 Å². The molecule has 2 aliphatic heterocycles. The van der Waals surface area contributed by atoms with Crippen LogP contribution in [0, 0.1) is 0 Å². The van der Waals surface area contributed by atoms with Gasteiger partial charge in [0, 0.05) is 18.1 Å². The quantitative estimate of drug-likeness (QED) is 0.540. The summed E-state index contributed by atoms with van der Waals surface area (Å²) in [5.74, 6) is -0.380. The molecule has 2 atom stereocenters. The van der Waals surface area contributed by atoms with E-state index in [2.05, 4.69) is 10.7 Å². The van der Waals surface area contributed by atoms with Crippen LogP contribution in [-0.2, 0) is 22.7 Å². The minimum atomic E-state index is -0.782. The number of benzene rings is 3. The van der Waals surface area contributed by atoms with Gasteiger partial charge in [0.15, 0.2) is 0 Å². The Morgan fingerprint density at radius 2 is 1.61 bits per heavy atom. The predicted molar refractivity (Wildman–Crippen MR) is 135 cm³/mol. The smallest absolute Gasteiger partial charge is 0.329 e. The lowest BCUT2D eigenvalue weighted by Crippen LogP contribution is -2.62. The van der Waals surface area contributed by atoms with Gasteiger partial charge in [0.25, 0.3) is 5.91 Å². The van der Waals surface area contributed by atoms with E-state index >= 15 is 0 Å². The average Bonchev–Trinajstić information content (AvgIpc) is 3.18. The van der Waals surface area contributed by atoms with Crippen LogP contribution in [0.1, 0.15) is 22.7 Å². The van der Waals surface area contributed by atoms with Crippen molar-refractivity contribution in [3.8, 4) is 0 Å². The van der Waals surface area contributed by atoms with Crippen LogP contribution in [0.3, 0.4) is 0 Å². The highest BCUT2D eigenvalue weighted by Gasteiger charge is 2.51. The first-order valence-electron chi connectivity index (χ1n) is 11.7. The zero-order valence-electron chi connectivity index (χ0n) is 19.5. The van der Waals surface area contributed by atoms with Crippen molar-refractivity contribution in [3.05, 3.63) is 107 Å². The molecule has 2 fully saturated rings. The molecule has 0 unspecified atom stereocenters. The maximum Gasteiger partial charge on any atom is 0.329 e. The Hall–Kier alpha value is -3.88. The van der Waals surface area contributed by atoms with Gasteiger partial charge in [-0.2, -0.15) is 5.01 Å². The fraction of sp³-hybridized carbons (Fsp3) is 0.222. The molecule has 0 saturated carbocycles. The van der Waals surface area contributed by atoms with Crippen molar-refractivity contribution in [2.75, 3.05) is 13.1 Å². The van der Waals surface area contributed by atoms with E-state index in [9.17, 15) is 14.4 Å². The SMILES string of the molecule is O=C(NCc1ccccc1)NN1CC(=O)N2[C@@H](c3ccccc3)C(=O)N(Cc3cccc(Cl)c3)C[C@H]12. The number of piperazine rings is 1. The van der Waals surface area contributed by atoms with E-state index < -0.39 is 18.2 Å². The van der Waals surface area contributed by atoms with E-state index in [1.54, 1.807) is 20.9 Å². The number of hydrogen-bond donors (Lipinski definition) is 2. The minimum absolute atomic E-state index is 0.0228. The van der Waals surface area contributed by atoms with Crippen molar-refractivity contribution < 1.29 is 14.4 Å². The fourth-order valence-electron chi connectivity index (χ4n) is 4.73. The molecule has 0 aromatic heterocycles. The number of fused-ring (bicyclic) bond motifs is 1. The van der Waals surface area contributed by atoms with Crippen LogP contribution in [0.2, 0.25) is 5.02 Å². The van der Waals surface area contributed by atoms with Crippen LogP contribution in [0.4, 0.5) is 4.79 Å². The summed E-state index contributed by atoms with van der Waals surface area (Å²) in [4.78, 5) is 42.8. The molecule has 2 aliphatic rings. The Bertz CT molecular complexity index is 1260. The van der Waals surface area contributed by atoms with Crippen molar-refractivity contribution in [1.29, 1.82) is 0 Å². The number of carbonyl (C=O) groups is 3. The number of nitrogens with zero attached hydrogens (tertiary/aromatic N) is 3. The summed E-state index contributed by atoms with van der Waals surface area (Å²) in [6.07, 6.45) is -0.512. The second-order valence-corrected chi connectivity index (χ2v) is 9.29. The Morgan fingerprint density at radius 3 is 2.33 bits per heavy atom. The minimum Gasteiger partial charge on any atom is -0.333 e. The van der Waals surface area contributed by atoms with Crippen molar-refractivity contribution in [3.63, 3.8) is 0 Å². The van der Waals surface area contributed by atoms with Gasteiger partial charge in [-0.1, -0.05) is 84.4 Å². The Kier molecular flexibility index (Phi) is 6.88. The summed E-state index contributed by atoms with van der Waals surface area (Å²) in [6, 6.07) is 25.0. The van der Waals surface area contributed by atoms with Crippen LogP contribution in [0.5, 0.6) is 0 Å². The van der Waals surface area contributed by atoms with Crippen LogP contribution in [0.15, 0.2) is 84.9 Å². The van der Waals surface area contributed by atoms with Gasteiger partial charge >= 0.3 is 6.03 Å². The maximum atomic E-state index is 13.7. The monoisotopic (exact) mass is 503 g/mol. The van der Waals surface area contributed by atoms with Crippen molar-refractivity contribution in [2.45, 2.75) is 25.3 Å². The Balaban J connectivity index is 1.37. The summed E-state index contributed by atoms with van der Waals surface area (Å²) in [7, 11) is 0. The number of hydrogen-bond acceptors (Lipinski definition) is 4. The van der Waals surface area contributed by atoms with Gasteiger partial charge < -0.3 is 15.1 Å². The molecule has 2 heterocycles. The van der Waals surface area contributed by atoms with Gasteiger partial charge in [0.1, 0.15) is 12.2 Å². The van der Waals surface area contributed by atoms with Crippen molar-refractivity contribution >= 4 is 29.4 Å². The molecule has 2 N–H and O–H groups in total. The molecule has 0 aliphatic carbocycles. The molecule has 36 heavy (non-hydrogen) atoms. The summed E-state index contributed by atoms with van der Waals surface area (Å²) in [6.45, 7) is 0.925. The lowest BCUT2D eigenvalue weighted by atomic mass is 10.00. The lowest BCUT2D eigenvalue weighted by Gasteiger charge is -2.44. The topological polar surface area (TPSA) is 85.0 Å². The number of nitrogens with one attached hydrogen (secondary N) is 2. The van der Waals surface area contributed by atoms with Gasteiger partial charge in [0.2, 0.25) is 5.91 Å². The van der Waals surface area contributed by atoms with Crippen molar-refractivity contribution in [2.24, 2.45) is 0 Å². The molecule has 3 aromatic rings. The summed E-state index contributed by atoms with van der Waals surface area (Å²) in [5, 5.41) is 5.03. The number of amides is 4. The van der Waals surface area contributed by atoms with Gasteiger partial charge in [0.05, 0.1) is 13.1 Å². The molecule has 184 valence electrons. The lowest BCUT2D eigenvalue weighted by molar-refractivity contribution is -0.155. The second-order valence-electron chi connectivity index (χ2n) is 8.85. The molecular formula is C27H26ClN5O3. The molecule has 9 heteroatoms. The van der Waals surface area contributed by atoms with Crippen LogP contribution < -0.4 is 10.7 Å². The van der Waals surface area contributed by atoms with Crippen molar-refractivity contribution in [1.82, 2.24) is 25.6 Å². The van der Waals surface area contributed by atoms with E-state index in [-0.39, 0.29) is 24.9 Å². The van der Waals surface area contributed by atoms with Gasteiger partial charge in [-0.05, 0) is 28.8 Å². The molecule has 2 saturated heterocycles. The van der Waals surface area contributed by atoms with Gasteiger partial charge in [-0.25, -0.2) is 4.79 Å². The van der Waals surface area contributed by atoms with Crippen LogP contribution in [-0.4, -0.2) is 51.9 Å². The molecule has 8 nitrogen and oxygen atoms in total. The number of rotatable bonds is 6. The third-order valence-corrected chi connectivity index (χ3v) is 6.64. The normalized spacial score (nSPS) is 19.8. The molecule has 5 rings (SSSR count). The first-order valence-corrected chi connectivity index (χ1v) is 12.1. The molecule has 0 bridgehead atoms. The third-order valence-electron chi connectivity index (χ3n) is 6.40. The summed E-state index contributed by atoms with van der Waals surface area (Å²) >= 11 is 6.17. The standard InChI is InChI=1S/C27H26ClN5O3/c28-22-13-7-10-20(14-22)16-31-17-23-32(30-27(36)29-15-19-8-3-1-4-9-19)18-24(34)33(23)25(26(31)35)21-11-5-2-6-12-21/h1-14,23,25H,15-18H2,(H2,29,30,36)/t23-,25+/m1/s1. The Morgan fingerprint density at radius 1 is 0.917 bits per heavy atom. The van der Waals surface area contributed by atoms with Gasteiger partial charge in [-0.3, -0.25) is 15.0 Å². The number of carbonyl (C=O) groups excluding carboxylic acids is 3. The molecule has 3 aromatic carbocycles. The summed E-state index contributed by atoms with van der Waals surface area (Å²) < 4.78 is 0. The average molecular weight is 504 g/mol. The fourth-order valence-corrected chi connectivity index (χ4v) is 4.94. The highest BCUT2D eigenvalue weighted by Crippen LogP contribution is 2.35. The van der Waals surface area contributed by atoms with Gasteiger partial charge in [-0.15, -0.1) is 0 Å². The number of urea groups is 1. The van der Waals surface area contributed by atoms with E-state index in [1.807, 2.05) is 78.9 Å². The third kappa shape index (κ3) is 5.05. The van der Waals surface area contributed by atoms with E-state index in [4.69, 9.17) is 11.6 Å². The number of halogens is 1. The zero-order chi connectivity index (χ0) is 25.1. The molecule has 0 radical (unpaired) electrons. The Labute approximate surface area is 214 Å². The highest BCUT2D eigenvalue weighted by molar-refractivity contribution is 6.30. The number of hydrazine groups is 1. The van der Waals surface area contributed by atoms with E-state index in [1.165, 1.54) is 0 Å². The maximum absolute atomic E-state index is 13.7. The molecule has 4 amide bonds. The second kappa shape index (κ2) is 10.4. The zero-order valence-corrected chi connectivity index (χ0v) is 20.3. The predicted octanol–water partition coefficient (Wildman–Crippen LogP) is 3.31. The highest BCUT2D eigenvalue weighted by atomic mass is 35.5.